The van der Waals surface area contributed by atoms with Gasteiger partial charge in [-0.15, -0.1) is 5.10 Å². The Morgan fingerprint density at radius 3 is 2.46 bits per heavy atom. The lowest BCUT2D eigenvalue weighted by Gasteiger charge is -2.10. The van der Waals surface area contributed by atoms with Crippen molar-refractivity contribution in [1.82, 2.24) is 15.0 Å². The average molecular weight is 313 g/mol. The molecule has 0 unspecified atom stereocenters. The van der Waals surface area contributed by atoms with Gasteiger partial charge in [-0.1, -0.05) is 71.4 Å². The second-order valence-corrected chi connectivity index (χ2v) is 5.72. The number of carbonyl (C=O) groups is 1. The van der Waals surface area contributed by atoms with Gasteiger partial charge >= 0.3 is 0 Å². The standard InChI is InChI=1S/C20H15N3O/c1-14-9-11-16(12-10-14)20-18(13-24)21-22-23(20)19-8-4-6-15-5-2-3-7-17(15)19/h2-13H,1H3. The van der Waals surface area contributed by atoms with Crippen LogP contribution in [0.4, 0.5) is 0 Å². The SMILES string of the molecule is Cc1ccc(-c2c(C=O)nnn2-c2cccc3ccccc23)cc1. The number of aromatic nitrogens is 3. The average Bonchev–Trinajstić information content (AvgIpc) is 3.05. The molecule has 0 atom stereocenters. The Hall–Kier alpha value is -3.27. The molecule has 24 heavy (non-hydrogen) atoms. The predicted octanol–water partition coefficient (Wildman–Crippen LogP) is 4.21. The van der Waals surface area contributed by atoms with Gasteiger partial charge in [0, 0.05) is 10.9 Å². The van der Waals surface area contributed by atoms with Crippen molar-refractivity contribution in [3.63, 3.8) is 0 Å². The fourth-order valence-electron chi connectivity index (χ4n) is 2.92. The minimum absolute atomic E-state index is 0.340. The summed E-state index contributed by atoms with van der Waals surface area (Å²) in [6.45, 7) is 2.03. The lowest BCUT2D eigenvalue weighted by Crippen LogP contribution is -2.01. The predicted molar refractivity (Wildman–Crippen MR) is 94.4 cm³/mol. The number of rotatable bonds is 3. The molecule has 1 heterocycles. The summed E-state index contributed by atoms with van der Waals surface area (Å²) in [6.07, 6.45) is 0.754. The highest BCUT2D eigenvalue weighted by Crippen LogP contribution is 2.28. The zero-order valence-electron chi connectivity index (χ0n) is 13.2. The van der Waals surface area contributed by atoms with E-state index in [2.05, 4.69) is 22.4 Å². The number of aldehydes is 1. The molecule has 4 rings (SSSR count). The van der Waals surface area contributed by atoms with Crippen LogP contribution in [0.5, 0.6) is 0 Å². The summed E-state index contributed by atoms with van der Waals surface area (Å²) in [6, 6.07) is 22.2. The van der Waals surface area contributed by atoms with E-state index in [1.165, 1.54) is 0 Å². The molecule has 3 aromatic carbocycles. The van der Waals surface area contributed by atoms with Crippen molar-refractivity contribution in [2.45, 2.75) is 6.92 Å². The zero-order chi connectivity index (χ0) is 16.5. The number of nitrogens with zero attached hydrogens (tertiary/aromatic N) is 3. The van der Waals surface area contributed by atoms with Crippen LogP contribution in [0.3, 0.4) is 0 Å². The number of hydrogen-bond acceptors (Lipinski definition) is 3. The number of aryl methyl sites for hydroxylation is 1. The highest BCUT2D eigenvalue weighted by atomic mass is 16.1. The minimum Gasteiger partial charge on any atom is -0.296 e. The molecule has 0 amide bonds. The van der Waals surface area contributed by atoms with E-state index in [-0.39, 0.29) is 0 Å². The molecular formula is C20H15N3O. The molecule has 4 aromatic rings. The lowest BCUT2D eigenvalue weighted by atomic mass is 10.1. The fraction of sp³-hybridized carbons (Fsp3) is 0.0500. The Kier molecular flexibility index (Phi) is 3.43. The summed E-state index contributed by atoms with van der Waals surface area (Å²) in [5, 5.41) is 10.5. The first-order valence-corrected chi connectivity index (χ1v) is 7.74. The normalized spacial score (nSPS) is 10.9. The topological polar surface area (TPSA) is 47.8 Å². The van der Waals surface area contributed by atoms with E-state index < -0.39 is 0 Å². The summed E-state index contributed by atoms with van der Waals surface area (Å²) < 4.78 is 1.75. The van der Waals surface area contributed by atoms with E-state index in [9.17, 15) is 4.79 Å². The van der Waals surface area contributed by atoms with E-state index in [0.29, 0.717) is 11.4 Å². The van der Waals surface area contributed by atoms with E-state index >= 15 is 0 Å². The molecule has 0 radical (unpaired) electrons. The minimum atomic E-state index is 0.340. The molecule has 0 N–H and O–H groups in total. The quantitative estimate of drug-likeness (QED) is 0.532. The van der Waals surface area contributed by atoms with E-state index in [4.69, 9.17) is 0 Å². The molecule has 0 saturated carbocycles. The molecule has 0 aliphatic heterocycles. The van der Waals surface area contributed by atoms with Gasteiger partial charge in [0.25, 0.3) is 0 Å². The Morgan fingerprint density at radius 2 is 1.67 bits per heavy atom. The van der Waals surface area contributed by atoms with Gasteiger partial charge in [-0.25, -0.2) is 4.68 Å². The second-order valence-electron chi connectivity index (χ2n) is 5.72. The van der Waals surface area contributed by atoms with Crippen molar-refractivity contribution >= 4 is 17.1 Å². The second kappa shape index (κ2) is 5.74. The number of hydrogen-bond donors (Lipinski definition) is 0. The van der Waals surface area contributed by atoms with Crippen LogP contribution in [-0.2, 0) is 0 Å². The lowest BCUT2D eigenvalue weighted by molar-refractivity contribution is 0.111. The van der Waals surface area contributed by atoms with Crippen molar-refractivity contribution in [3.05, 3.63) is 78.0 Å². The first-order chi connectivity index (χ1) is 11.8. The van der Waals surface area contributed by atoms with Gasteiger partial charge in [-0.3, -0.25) is 4.79 Å². The van der Waals surface area contributed by atoms with Gasteiger partial charge < -0.3 is 0 Å². The maximum Gasteiger partial charge on any atom is 0.172 e. The summed E-state index contributed by atoms with van der Waals surface area (Å²) in [7, 11) is 0. The van der Waals surface area contributed by atoms with Crippen molar-refractivity contribution in [2.24, 2.45) is 0 Å². The van der Waals surface area contributed by atoms with Crippen molar-refractivity contribution < 1.29 is 4.79 Å². The summed E-state index contributed by atoms with van der Waals surface area (Å²) in [5.74, 6) is 0. The number of benzene rings is 3. The van der Waals surface area contributed by atoms with E-state index in [1.54, 1.807) is 4.68 Å². The summed E-state index contributed by atoms with van der Waals surface area (Å²) in [5.41, 5.74) is 4.04. The van der Waals surface area contributed by atoms with Gasteiger partial charge in [0.05, 0.1) is 5.69 Å². The molecule has 0 aliphatic rings. The highest BCUT2D eigenvalue weighted by Gasteiger charge is 2.17. The van der Waals surface area contributed by atoms with Crippen LogP contribution in [0.2, 0.25) is 0 Å². The van der Waals surface area contributed by atoms with Crippen LogP contribution in [0.1, 0.15) is 16.1 Å². The molecule has 4 nitrogen and oxygen atoms in total. The maximum atomic E-state index is 11.5. The Balaban J connectivity index is 2.01. The molecule has 0 fully saturated rings. The maximum absolute atomic E-state index is 11.5. The molecule has 1 aromatic heterocycles. The van der Waals surface area contributed by atoms with Gasteiger partial charge in [0.2, 0.25) is 0 Å². The third-order valence-corrected chi connectivity index (χ3v) is 4.13. The summed E-state index contributed by atoms with van der Waals surface area (Å²) >= 11 is 0. The van der Waals surface area contributed by atoms with Crippen LogP contribution in [-0.4, -0.2) is 21.3 Å². The van der Waals surface area contributed by atoms with Crippen molar-refractivity contribution in [2.75, 3.05) is 0 Å². The smallest absolute Gasteiger partial charge is 0.172 e. The van der Waals surface area contributed by atoms with Crippen molar-refractivity contribution in [3.8, 4) is 16.9 Å². The Labute approximate surface area is 139 Å². The summed E-state index contributed by atoms with van der Waals surface area (Å²) in [4.78, 5) is 11.5. The fourth-order valence-corrected chi connectivity index (χ4v) is 2.92. The molecular weight excluding hydrogens is 298 g/mol. The molecule has 116 valence electrons. The number of fused-ring (bicyclic) bond motifs is 1. The van der Waals surface area contributed by atoms with Crippen LogP contribution in [0.15, 0.2) is 66.7 Å². The third kappa shape index (κ3) is 2.29. The first-order valence-electron chi connectivity index (χ1n) is 7.74. The van der Waals surface area contributed by atoms with Gasteiger partial charge in [-0.05, 0) is 18.4 Å². The molecule has 4 heteroatoms. The van der Waals surface area contributed by atoms with Crippen LogP contribution in [0.25, 0.3) is 27.7 Å². The van der Waals surface area contributed by atoms with Gasteiger partial charge in [-0.2, -0.15) is 0 Å². The zero-order valence-corrected chi connectivity index (χ0v) is 13.2. The number of carbonyl (C=O) groups excluding carboxylic acids is 1. The van der Waals surface area contributed by atoms with E-state index in [1.807, 2.05) is 61.5 Å². The van der Waals surface area contributed by atoms with E-state index in [0.717, 1.165) is 33.9 Å². The largest absolute Gasteiger partial charge is 0.296 e. The van der Waals surface area contributed by atoms with Crippen LogP contribution < -0.4 is 0 Å². The third-order valence-electron chi connectivity index (χ3n) is 4.13. The molecule has 0 bridgehead atoms. The Morgan fingerprint density at radius 1 is 0.917 bits per heavy atom. The molecule has 0 spiro atoms. The molecule has 0 aliphatic carbocycles. The first kappa shape index (κ1) is 14.3. The monoisotopic (exact) mass is 313 g/mol. The van der Waals surface area contributed by atoms with Crippen LogP contribution in [0, 0.1) is 6.92 Å². The highest BCUT2D eigenvalue weighted by molar-refractivity contribution is 5.92. The van der Waals surface area contributed by atoms with Gasteiger partial charge in [0.15, 0.2) is 12.0 Å². The van der Waals surface area contributed by atoms with Gasteiger partial charge in [0.1, 0.15) is 5.69 Å². The van der Waals surface area contributed by atoms with Crippen LogP contribution >= 0.6 is 0 Å². The van der Waals surface area contributed by atoms with Crippen molar-refractivity contribution in [1.29, 1.82) is 0 Å². The Bertz CT molecular complexity index is 1030. The molecule has 0 saturated heterocycles.